The summed E-state index contributed by atoms with van der Waals surface area (Å²) in [7, 11) is 0. The van der Waals surface area contributed by atoms with Crippen LogP contribution in [0.25, 0.3) is 88.7 Å². The summed E-state index contributed by atoms with van der Waals surface area (Å²) in [6.45, 7) is 0. The summed E-state index contributed by atoms with van der Waals surface area (Å²) >= 11 is 1.88. The Morgan fingerprint density at radius 1 is 0.328 bits per heavy atom. The fourth-order valence-corrected chi connectivity index (χ4v) is 10.5. The molecule has 2 aromatic heterocycles. The Bertz CT molecular complexity index is 3290. The normalized spacial score (nSPS) is 14.9. The molecule has 0 saturated heterocycles. The molecule has 12 rings (SSSR count). The molecule has 0 aliphatic heterocycles. The first-order valence-electron chi connectivity index (χ1n) is 19.7. The largest absolute Gasteiger partial charge is 0.208 e. The zero-order valence-corrected chi connectivity index (χ0v) is 32.1. The fourth-order valence-electron chi connectivity index (χ4n) is 9.37. The van der Waals surface area contributed by atoms with Crippen LogP contribution < -0.4 is 0 Å². The van der Waals surface area contributed by atoms with Gasteiger partial charge >= 0.3 is 0 Å². The van der Waals surface area contributed by atoms with Crippen molar-refractivity contribution >= 4 is 43.7 Å². The van der Waals surface area contributed by atoms with Gasteiger partial charge in [-0.3, -0.25) is 0 Å². The fraction of sp³-hybridized carbons (Fsp3) is 0.0185. The molecule has 2 aliphatic rings. The minimum Gasteiger partial charge on any atom is -0.208 e. The molecule has 0 amide bonds. The molecule has 1 atom stereocenters. The Kier molecular flexibility index (Phi) is 7.31. The van der Waals surface area contributed by atoms with E-state index in [4.69, 9.17) is 15.0 Å². The van der Waals surface area contributed by atoms with Crippen LogP contribution in [0, 0.1) is 0 Å². The Labute approximate surface area is 340 Å². The number of nitrogens with zero attached hydrogens (tertiary/aromatic N) is 3. The summed E-state index contributed by atoms with van der Waals surface area (Å²) in [5.74, 6) is 1.92. The van der Waals surface area contributed by atoms with E-state index in [2.05, 4.69) is 176 Å². The minimum atomic E-state index is -0.600. The molecule has 0 bridgehead atoms. The van der Waals surface area contributed by atoms with E-state index in [9.17, 15) is 0 Å². The third-order valence-electron chi connectivity index (χ3n) is 12.0. The molecule has 1 unspecified atom stereocenters. The lowest BCUT2D eigenvalue weighted by Crippen LogP contribution is -2.30. The molecule has 8 aromatic carbocycles. The van der Waals surface area contributed by atoms with E-state index in [0.717, 1.165) is 27.8 Å². The molecule has 0 fully saturated rings. The predicted molar refractivity (Wildman–Crippen MR) is 241 cm³/mol. The van der Waals surface area contributed by atoms with Crippen molar-refractivity contribution in [3.8, 4) is 56.4 Å². The minimum absolute atomic E-state index is 0.600. The van der Waals surface area contributed by atoms with Crippen LogP contribution >= 0.6 is 11.3 Å². The summed E-state index contributed by atoms with van der Waals surface area (Å²) in [6.07, 6.45) is 4.57. The molecular formula is C54H33N3S. The summed E-state index contributed by atoms with van der Waals surface area (Å²) in [6, 6.07) is 67.7. The van der Waals surface area contributed by atoms with E-state index in [1.807, 2.05) is 35.6 Å². The van der Waals surface area contributed by atoms with Gasteiger partial charge in [-0.2, -0.15) is 0 Å². The van der Waals surface area contributed by atoms with Crippen LogP contribution in [0.3, 0.4) is 0 Å². The second-order valence-corrected chi connectivity index (χ2v) is 16.2. The van der Waals surface area contributed by atoms with Crippen LogP contribution in [-0.2, 0) is 5.41 Å². The van der Waals surface area contributed by atoms with E-state index in [0.29, 0.717) is 17.5 Å². The highest BCUT2D eigenvalue weighted by Gasteiger charge is 2.49. The van der Waals surface area contributed by atoms with Gasteiger partial charge in [-0.15, -0.1) is 11.3 Å². The standard InChI is InChI=1S/C54H33N3S/c1-3-14-34(15-4-1)38-19-13-20-39(30-38)52-55-51(37-17-5-2-6-18-37)56-53(57-52)40-29-28-36-27-26-35-16-7-10-23-45(35)54(47(36)31-40)46-24-11-8-21-41(46)43-33-50-44(32-48(43)54)42-22-9-12-25-49(42)58-50/h1-33H. The highest BCUT2D eigenvalue weighted by atomic mass is 32.1. The number of rotatable bonds is 4. The average Bonchev–Trinajstić information content (AvgIpc) is 3.75. The number of thiophene rings is 1. The maximum absolute atomic E-state index is 5.28. The van der Waals surface area contributed by atoms with Gasteiger partial charge in [-0.25, -0.2) is 15.0 Å². The second-order valence-electron chi connectivity index (χ2n) is 15.1. The zero-order valence-electron chi connectivity index (χ0n) is 31.3. The molecule has 2 aliphatic carbocycles. The molecule has 0 saturated carbocycles. The Balaban J connectivity index is 1.13. The first-order chi connectivity index (χ1) is 28.7. The molecule has 4 heteroatoms. The van der Waals surface area contributed by atoms with Crippen molar-refractivity contribution < 1.29 is 0 Å². The highest BCUT2D eigenvalue weighted by molar-refractivity contribution is 7.25. The van der Waals surface area contributed by atoms with Crippen molar-refractivity contribution in [2.75, 3.05) is 0 Å². The first kappa shape index (κ1) is 32.9. The lowest BCUT2D eigenvalue weighted by atomic mass is 9.65. The quantitative estimate of drug-likeness (QED) is 0.180. The van der Waals surface area contributed by atoms with E-state index in [-0.39, 0.29) is 0 Å². The smallest absolute Gasteiger partial charge is 0.164 e. The number of benzene rings is 8. The maximum atomic E-state index is 5.28. The van der Waals surface area contributed by atoms with Crippen molar-refractivity contribution in [3.63, 3.8) is 0 Å². The van der Waals surface area contributed by atoms with Gasteiger partial charge in [-0.05, 0) is 86.0 Å². The Hall–Kier alpha value is -7.27. The summed E-state index contributed by atoms with van der Waals surface area (Å²) < 4.78 is 2.62. The van der Waals surface area contributed by atoms with E-state index in [1.54, 1.807) is 0 Å². The van der Waals surface area contributed by atoms with E-state index < -0.39 is 5.41 Å². The SMILES string of the molecule is C1=Cc2ccc(-c3nc(-c4ccccc4)nc(-c4cccc(-c5ccccc5)c4)n3)cc2C2(c3ccccc31)c1ccccc1-c1cc3sc4ccccc4c3cc12. The van der Waals surface area contributed by atoms with Crippen molar-refractivity contribution in [1.82, 2.24) is 15.0 Å². The molecule has 270 valence electrons. The number of hydrogen-bond donors (Lipinski definition) is 0. The van der Waals surface area contributed by atoms with Crippen molar-refractivity contribution in [2.45, 2.75) is 5.41 Å². The first-order valence-corrected chi connectivity index (χ1v) is 20.5. The van der Waals surface area contributed by atoms with Crippen LogP contribution in [0.5, 0.6) is 0 Å². The molecule has 58 heavy (non-hydrogen) atoms. The lowest BCUT2D eigenvalue weighted by molar-refractivity contribution is 0.767. The molecule has 0 radical (unpaired) electrons. The average molecular weight is 756 g/mol. The maximum Gasteiger partial charge on any atom is 0.164 e. The van der Waals surface area contributed by atoms with Gasteiger partial charge < -0.3 is 0 Å². The van der Waals surface area contributed by atoms with Crippen molar-refractivity contribution in [2.24, 2.45) is 0 Å². The lowest BCUT2D eigenvalue weighted by Gasteiger charge is -2.35. The Morgan fingerprint density at radius 3 is 1.74 bits per heavy atom. The van der Waals surface area contributed by atoms with Crippen LogP contribution in [0.1, 0.15) is 33.4 Å². The predicted octanol–water partition coefficient (Wildman–Crippen LogP) is 13.8. The van der Waals surface area contributed by atoms with Crippen LogP contribution in [0.4, 0.5) is 0 Å². The number of fused-ring (bicyclic) bond motifs is 12. The van der Waals surface area contributed by atoms with Crippen molar-refractivity contribution in [1.29, 1.82) is 0 Å². The molecule has 2 heterocycles. The second kappa shape index (κ2) is 12.9. The van der Waals surface area contributed by atoms with E-state index in [1.165, 1.54) is 64.7 Å². The van der Waals surface area contributed by atoms with E-state index >= 15 is 0 Å². The van der Waals surface area contributed by atoms with Crippen LogP contribution in [0.2, 0.25) is 0 Å². The highest BCUT2D eigenvalue weighted by Crippen LogP contribution is 2.60. The van der Waals surface area contributed by atoms with Crippen molar-refractivity contribution in [3.05, 3.63) is 221 Å². The van der Waals surface area contributed by atoms with Gasteiger partial charge in [0.2, 0.25) is 0 Å². The zero-order chi connectivity index (χ0) is 38.2. The van der Waals surface area contributed by atoms with Gasteiger partial charge in [0.05, 0.1) is 5.41 Å². The number of hydrogen-bond acceptors (Lipinski definition) is 4. The van der Waals surface area contributed by atoms with Crippen LogP contribution in [0.15, 0.2) is 188 Å². The molecule has 10 aromatic rings. The summed E-state index contributed by atoms with van der Waals surface area (Å²) in [5.41, 5.74) is 14.5. The van der Waals surface area contributed by atoms with Gasteiger partial charge in [0.1, 0.15) is 0 Å². The number of aromatic nitrogens is 3. The van der Waals surface area contributed by atoms with Crippen LogP contribution in [-0.4, -0.2) is 15.0 Å². The van der Waals surface area contributed by atoms with Gasteiger partial charge in [0.15, 0.2) is 17.5 Å². The topological polar surface area (TPSA) is 38.7 Å². The van der Waals surface area contributed by atoms with Gasteiger partial charge in [0, 0.05) is 36.9 Å². The molecule has 3 nitrogen and oxygen atoms in total. The molecule has 0 N–H and O–H groups in total. The third-order valence-corrected chi connectivity index (χ3v) is 13.1. The monoisotopic (exact) mass is 755 g/mol. The summed E-state index contributed by atoms with van der Waals surface area (Å²) in [5, 5.41) is 2.60. The van der Waals surface area contributed by atoms with Gasteiger partial charge in [0.25, 0.3) is 0 Å². The summed E-state index contributed by atoms with van der Waals surface area (Å²) in [4.78, 5) is 15.6. The molecular weight excluding hydrogens is 723 g/mol. The molecule has 1 spiro atoms. The van der Waals surface area contributed by atoms with Gasteiger partial charge in [-0.1, -0.05) is 170 Å². The third kappa shape index (κ3) is 4.95. The Morgan fingerprint density at radius 2 is 0.931 bits per heavy atom.